The van der Waals surface area contributed by atoms with E-state index in [4.69, 9.17) is 0 Å². The molecule has 0 aromatic carbocycles. The van der Waals surface area contributed by atoms with Crippen LogP contribution in [0, 0.1) is 5.92 Å². The zero-order valence-corrected chi connectivity index (χ0v) is 8.48. The van der Waals surface area contributed by atoms with Gasteiger partial charge in [0.2, 0.25) is 0 Å². The second kappa shape index (κ2) is 6.45. The highest BCUT2D eigenvalue weighted by atomic mass is 14.1. The maximum absolute atomic E-state index is 2.36. The van der Waals surface area contributed by atoms with Gasteiger partial charge in [0.1, 0.15) is 0 Å². The van der Waals surface area contributed by atoms with Gasteiger partial charge < -0.3 is 0 Å². The predicted molar refractivity (Wildman–Crippen MR) is 52.7 cm³/mol. The first-order valence-electron chi connectivity index (χ1n) is 4.84. The number of allylic oxidation sites excluding steroid dienone is 2. The fourth-order valence-corrected chi connectivity index (χ4v) is 1.30. The quantitative estimate of drug-likeness (QED) is 0.521. The second-order valence-corrected chi connectivity index (χ2v) is 3.58. The van der Waals surface area contributed by atoms with Gasteiger partial charge in [0.05, 0.1) is 0 Å². The summed E-state index contributed by atoms with van der Waals surface area (Å²) < 4.78 is 0. The van der Waals surface area contributed by atoms with Crippen LogP contribution in [0.15, 0.2) is 11.6 Å². The molecule has 0 bridgehead atoms. The van der Waals surface area contributed by atoms with Crippen molar-refractivity contribution in [1.29, 1.82) is 0 Å². The van der Waals surface area contributed by atoms with E-state index in [-0.39, 0.29) is 0 Å². The van der Waals surface area contributed by atoms with Crippen molar-refractivity contribution in [1.82, 2.24) is 0 Å². The summed E-state index contributed by atoms with van der Waals surface area (Å²) in [6.07, 6.45) is 7.70. The molecule has 0 saturated heterocycles. The minimum absolute atomic E-state index is 0.926. The van der Waals surface area contributed by atoms with Crippen LogP contribution in [-0.4, -0.2) is 0 Å². The van der Waals surface area contributed by atoms with Gasteiger partial charge in [0.25, 0.3) is 0 Å². The smallest absolute Gasteiger partial charge is 0.0320 e. The zero-order chi connectivity index (χ0) is 8.69. The van der Waals surface area contributed by atoms with Gasteiger partial charge in [-0.15, -0.1) is 0 Å². The largest absolute Gasteiger partial charge is 0.0856 e. The topological polar surface area (TPSA) is 0 Å². The minimum Gasteiger partial charge on any atom is -0.0856 e. The molecule has 0 N–H and O–H groups in total. The zero-order valence-electron chi connectivity index (χ0n) is 8.48. The molecule has 1 unspecified atom stereocenters. The van der Waals surface area contributed by atoms with Crippen molar-refractivity contribution in [2.45, 2.75) is 53.4 Å². The third-order valence-electron chi connectivity index (χ3n) is 2.13. The van der Waals surface area contributed by atoms with Gasteiger partial charge in [-0.25, -0.2) is 0 Å². The average molecular weight is 154 g/mol. The molecule has 0 spiro atoms. The third kappa shape index (κ3) is 6.15. The summed E-state index contributed by atoms with van der Waals surface area (Å²) in [6, 6.07) is 0. The highest BCUT2D eigenvalue weighted by molar-refractivity contribution is 4.93. The number of rotatable bonds is 5. The van der Waals surface area contributed by atoms with Crippen molar-refractivity contribution < 1.29 is 0 Å². The molecule has 0 aliphatic carbocycles. The van der Waals surface area contributed by atoms with Gasteiger partial charge in [-0.05, 0) is 26.2 Å². The lowest BCUT2D eigenvalue weighted by Crippen LogP contribution is -1.95. The first-order valence-corrected chi connectivity index (χ1v) is 4.84. The Morgan fingerprint density at radius 1 is 1.27 bits per heavy atom. The standard InChI is InChI=1S/C11H22/c1-5-7-11(6-2)9-8-10(3)4/h8,11H,5-7,9H2,1-4H3. The van der Waals surface area contributed by atoms with E-state index in [1.54, 1.807) is 0 Å². The normalized spacial score (nSPS) is 12.7. The Hall–Kier alpha value is -0.260. The van der Waals surface area contributed by atoms with Crippen molar-refractivity contribution in [3.63, 3.8) is 0 Å². The molecule has 0 amide bonds. The Morgan fingerprint density at radius 3 is 2.27 bits per heavy atom. The molecule has 0 aliphatic heterocycles. The summed E-state index contributed by atoms with van der Waals surface area (Å²) in [5, 5.41) is 0. The second-order valence-electron chi connectivity index (χ2n) is 3.58. The Bertz CT molecular complexity index is 107. The van der Waals surface area contributed by atoms with Crippen molar-refractivity contribution in [2.24, 2.45) is 5.92 Å². The summed E-state index contributed by atoms with van der Waals surface area (Å²) in [5.74, 6) is 0.926. The van der Waals surface area contributed by atoms with Crippen LogP contribution in [0.5, 0.6) is 0 Å². The Morgan fingerprint density at radius 2 is 1.91 bits per heavy atom. The van der Waals surface area contributed by atoms with E-state index in [9.17, 15) is 0 Å². The molecule has 1 atom stereocenters. The molecule has 0 nitrogen and oxygen atoms in total. The lowest BCUT2D eigenvalue weighted by atomic mass is 9.96. The molecule has 66 valence electrons. The summed E-state index contributed by atoms with van der Waals surface area (Å²) in [5.41, 5.74) is 1.46. The van der Waals surface area contributed by atoms with Crippen LogP contribution in [0.1, 0.15) is 53.4 Å². The van der Waals surface area contributed by atoms with E-state index in [1.807, 2.05) is 0 Å². The molecule has 0 fully saturated rings. The summed E-state index contributed by atoms with van der Waals surface area (Å²) in [7, 11) is 0. The monoisotopic (exact) mass is 154 g/mol. The molecule has 0 aliphatic rings. The van der Waals surface area contributed by atoms with Crippen LogP contribution in [0.4, 0.5) is 0 Å². The minimum atomic E-state index is 0.926. The third-order valence-corrected chi connectivity index (χ3v) is 2.13. The fraction of sp³-hybridized carbons (Fsp3) is 0.818. The van der Waals surface area contributed by atoms with Gasteiger partial charge in [0.15, 0.2) is 0 Å². The molecular weight excluding hydrogens is 132 g/mol. The maximum Gasteiger partial charge on any atom is -0.0320 e. The van der Waals surface area contributed by atoms with E-state index in [1.165, 1.54) is 31.3 Å². The van der Waals surface area contributed by atoms with Crippen LogP contribution in [0.25, 0.3) is 0 Å². The SMILES string of the molecule is CCCC(CC)CC=C(C)C. The van der Waals surface area contributed by atoms with E-state index < -0.39 is 0 Å². The van der Waals surface area contributed by atoms with Gasteiger partial charge in [-0.2, -0.15) is 0 Å². The average Bonchev–Trinajstić information content (AvgIpc) is 1.97. The maximum atomic E-state index is 2.36. The van der Waals surface area contributed by atoms with Crippen molar-refractivity contribution >= 4 is 0 Å². The first kappa shape index (κ1) is 10.7. The molecule has 0 aromatic rings. The molecule has 0 rings (SSSR count). The van der Waals surface area contributed by atoms with Gasteiger partial charge in [0, 0.05) is 0 Å². The van der Waals surface area contributed by atoms with Crippen molar-refractivity contribution in [2.75, 3.05) is 0 Å². The predicted octanol–water partition coefficient (Wildman–Crippen LogP) is 4.17. The number of hydrogen-bond donors (Lipinski definition) is 0. The van der Waals surface area contributed by atoms with Gasteiger partial charge in [-0.1, -0.05) is 44.8 Å². The summed E-state index contributed by atoms with van der Waals surface area (Å²) in [4.78, 5) is 0. The fourth-order valence-electron chi connectivity index (χ4n) is 1.30. The Kier molecular flexibility index (Phi) is 6.30. The lowest BCUT2D eigenvalue weighted by molar-refractivity contribution is 0.469. The van der Waals surface area contributed by atoms with E-state index in [0.717, 1.165) is 5.92 Å². The van der Waals surface area contributed by atoms with Crippen molar-refractivity contribution in [3.8, 4) is 0 Å². The molecule has 0 heterocycles. The van der Waals surface area contributed by atoms with E-state index in [2.05, 4.69) is 33.8 Å². The molecule has 11 heavy (non-hydrogen) atoms. The van der Waals surface area contributed by atoms with E-state index >= 15 is 0 Å². The molecule has 0 heteroatoms. The van der Waals surface area contributed by atoms with Crippen LogP contribution in [0.3, 0.4) is 0 Å². The molecule has 0 saturated carbocycles. The van der Waals surface area contributed by atoms with Gasteiger partial charge >= 0.3 is 0 Å². The lowest BCUT2D eigenvalue weighted by Gasteiger charge is -2.10. The van der Waals surface area contributed by atoms with E-state index in [0.29, 0.717) is 0 Å². The molecule has 0 radical (unpaired) electrons. The number of hydrogen-bond acceptors (Lipinski definition) is 0. The van der Waals surface area contributed by atoms with Crippen LogP contribution >= 0.6 is 0 Å². The highest BCUT2D eigenvalue weighted by Gasteiger charge is 2.01. The van der Waals surface area contributed by atoms with Crippen LogP contribution in [0.2, 0.25) is 0 Å². The van der Waals surface area contributed by atoms with Crippen LogP contribution < -0.4 is 0 Å². The first-order chi connectivity index (χ1) is 5.20. The highest BCUT2D eigenvalue weighted by Crippen LogP contribution is 2.16. The summed E-state index contributed by atoms with van der Waals surface area (Å²) in [6.45, 7) is 8.92. The van der Waals surface area contributed by atoms with Gasteiger partial charge in [-0.3, -0.25) is 0 Å². The van der Waals surface area contributed by atoms with Crippen molar-refractivity contribution in [3.05, 3.63) is 11.6 Å². The molecule has 0 aromatic heterocycles. The summed E-state index contributed by atoms with van der Waals surface area (Å²) >= 11 is 0. The Labute approximate surface area is 71.7 Å². The van der Waals surface area contributed by atoms with Crippen LogP contribution in [-0.2, 0) is 0 Å². The molecular formula is C11H22. The Balaban J connectivity index is 3.60.